The number of hydrogen-bond donors (Lipinski definition) is 2. The van der Waals surface area contributed by atoms with Crippen molar-refractivity contribution in [3.8, 4) is 0 Å². The SMILES string of the molecule is Nc1cccc2c1ccn2[C@@H]1CC(F)[C@@H](CO)O1. The van der Waals surface area contributed by atoms with Crippen molar-refractivity contribution >= 4 is 16.6 Å². The largest absolute Gasteiger partial charge is 0.398 e. The van der Waals surface area contributed by atoms with Crippen LogP contribution in [-0.4, -0.2) is 28.6 Å². The Morgan fingerprint density at radius 2 is 2.28 bits per heavy atom. The van der Waals surface area contributed by atoms with Crippen LogP contribution in [0.25, 0.3) is 10.9 Å². The first-order valence-electron chi connectivity index (χ1n) is 5.96. The summed E-state index contributed by atoms with van der Waals surface area (Å²) >= 11 is 0. The van der Waals surface area contributed by atoms with E-state index in [1.54, 1.807) is 0 Å². The highest BCUT2D eigenvalue weighted by Gasteiger charge is 2.36. The lowest BCUT2D eigenvalue weighted by molar-refractivity contribution is -0.0319. The fraction of sp³-hybridized carbons (Fsp3) is 0.385. The molecule has 1 unspecified atom stereocenters. The lowest BCUT2D eigenvalue weighted by atomic mass is 10.2. The molecule has 0 aliphatic carbocycles. The predicted octanol–water partition coefficient (Wildman–Crippen LogP) is 1.84. The molecule has 3 rings (SSSR count). The third kappa shape index (κ3) is 1.67. The molecule has 96 valence electrons. The Kier molecular flexibility index (Phi) is 2.72. The van der Waals surface area contributed by atoms with Crippen LogP contribution in [0.15, 0.2) is 30.5 Å². The van der Waals surface area contributed by atoms with Crippen molar-refractivity contribution in [1.29, 1.82) is 0 Å². The van der Waals surface area contributed by atoms with Gasteiger partial charge in [0.15, 0.2) is 0 Å². The third-order valence-electron chi connectivity index (χ3n) is 3.45. The minimum absolute atomic E-state index is 0.254. The van der Waals surface area contributed by atoms with Gasteiger partial charge < -0.3 is 20.1 Å². The highest BCUT2D eigenvalue weighted by Crippen LogP contribution is 2.34. The first kappa shape index (κ1) is 11.5. The van der Waals surface area contributed by atoms with Gasteiger partial charge in [-0.3, -0.25) is 0 Å². The number of nitrogen functional groups attached to an aromatic ring is 1. The Balaban J connectivity index is 1.99. The van der Waals surface area contributed by atoms with Crippen molar-refractivity contribution in [2.24, 2.45) is 0 Å². The maximum atomic E-state index is 13.6. The van der Waals surface area contributed by atoms with E-state index >= 15 is 0 Å². The number of aliphatic hydroxyl groups excluding tert-OH is 1. The van der Waals surface area contributed by atoms with Crippen LogP contribution in [0, 0.1) is 0 Å². The van der Waals surface area contributed by atoms with Gasteiger partial charge in [-0.05, 0) is 18.2 Å². The molecule has 0 spiro atoms. The molecule has 0 saturated carbocycles. The number of rotatable bonds is 2. The summed E-state index contributed by atoms with van der Waals surface area (Å²) in [6, 6.07) is 7.51. The minimum Gasteiger partial charge on any atom is -0.398 e. The molecular weight excluding hydrogens is 235 g/mol. The molecule has 4 nitrogen and oxygen atoms in total. The molecule has 1 saturated heterocycles. The van der Waals surface area contributed by atoms with E-state index in [4.69, 9.17) is 15.6 Å². The van der Waals surface area contributed by atoms with Crippen LogP contribution >= 0.6 is 0 Å². The Morgan fingerprint density at radius 1 is 1.44 bits per heavy atom. The van der Waals surface area contributed by atoms with Gasteiger partial charge >= 0.3 is 0 Å². The number of halogens is 1. The topological polar surface area (TPSA) is 60.4 Å². The van der Waals surface area contributed by atoms with Crippen LogP contribution in [0.2, 0.25) is 0 Å². The smallest absolute Gasteiger partial charge is 0.137 e. The number of fused-ring (bicyclic) bond motifs is 1. The van der Waals surface area contributed by atoms with Crippen molar-refractivity contribution in [2.75, 3.05) is 12.3 Å². The number of aliphatic hydroxyl groups is 1. The molecule has 0 radical (unpaired) electrons. The summed E-state index contributed by atoms with van der Waals surface area (Å²) < 4.78 is 21.0. The highest BCUT2D eigenvalue weighted by atomic mass is 19.1. The molecule has 1 aromatic heterocycles. The van der Waals surface area contributed by atoms with Crippen LogP contribution in [0.4, 0.5) is 10.1 Å². The molecule has 18 heavy (non-hydrogen) atoms. The first-order chi connectivity index (χ1) is 8.70. The van der Waals surface area contributed by atoms with E-state index in [1.807, 2.05) is 35.0 Å². The number of nitrogens with zero attached hydrogens (tertiary/aromatic N) is 1. The van der Waals surface area contributed by atoms with Crippen molar-refractivity contribution in [3.05, 3.63) is 30.5 Å². The molecule has 1 aliphatic rings. The van der Waals surface area contributed by atoms with Gasteiger partial charge in [0.25, 0.3) is 0 Å². The summed E-state index contributed by atoms with van der Waals surface area (Å²) in [5.74, 6) is 0. The van der Waals surface area contributed by atoms with Crippen LogP contribution in [-0.2, 0) is 4.74 Å². The summed E-state index contributed by atoms with van der Waals surface area (Å²) in [4.78, 5) is 0. The Labute approximate surface area is 104 Å². The lowest BCUT2D eigenvalue weighted by Gasteiger charge is -2.15. The van der Waals surface area contributed by atoms with Gasteiger partial charge in [0.1, 0.15) is 18.5 Å². The lowest BCUT2D eigenvalue weighted by Crippen LogP contribution is -2.21. The van der Waals surface area contributed by atoms with Gasteiger partial charge in [0.2, 0.25) is 0 Å². The average molecular weight is 250 g/mol. The van der Waals surface area contributed by atoms with Gasteiger partial charge in [-0.25, -0.2) is 4.39 Å². The van der Waals surface area contributed by atoms with E-state index in [0.717, 1.165) is 10.9 Å². The molecule has 1 fully saturated rings. The zero-order valence-electron chi connectivity index (χ0n) is 9.79. The van der Waals surface area contributed by atoms with E-state index in [1.165, 1.54) is 0 Å². The Hall–Kier alpha value is -1.59. The molecule has 2 aromatic rings. The molecule has 2 heterocycles. The van der Waals surface area contributed by atoms with Crippen molar-refractivity contribution < 1.29 is 14.2 Å². The van der Waals surface area contributed by atoms with Gasteiger partial charge in [-0.1, -0.05) is 6.07 Å². The maximum Gasteiger partial charge on any atom is 0.137 e. The monoisotopic (exact) mass is 250 g/mol. The summed E-state index contributed by atoms with van der Waals surface area (Å²) in [6.07, 6.45) is -0.134. The van der Waals surface area contributed by atoms with E-state index in [9.17, 15) is 4.39 Å². The Bertz CT molecular complexity index is 569. The zero-order chi connectivity index (χ0) is 12.7. The number of hydrogen-bond acceptors (Lipinski definition) is 3. The van der Waals surface area contributed by atoms with E-state index in [0.29, 0.717) is 5.69 Å². The fourth-order valence-corrected chi connectivity index (χ4v) is 2.49. The first-order valence-corrected chi connectivity index (χ1v) is 5.96. The predicted molar refractivity (Wildman–Crippen MR) is 66.9 cm³/mol. The second kappa shape index (κ2) is 4.26. The number of aromatic nitrogens is 1. The van der Waals surface area contributed by atoms with Crippen LogP contribution in [0.5, 0.6) is 0 Å². The normalized spacial score (nSPS) is 28.0. The summed E-state index contributed by atoms with van der Waals surface area (Å²) in [7, 11) is 0. The van der Waals surface area contributed by atoms with Crippen LogP contribution in [0.1, 0.15) is 12.6 Å². The number of nitrogens with two attached hydrogens (primary N) is 1. The molecule has 3 N–H and O–H groups in total. The summed E-state index contributed by atoms with van der Waals surface area (Å²) in [5, 5.41) is 9.95. The van der Waals surface area contributed by atoms with Crippen molar-refractivity contribution in [1.82, 2.24) is 4.57 Å². The molecule has 1 aromatic carbocycles. The number of anilines is 1. The fourth-order valence-electron chi connectivity index (χ4n) is 2.49. The van der Waals surface area contributed by atoms with Crippen LogP contribution in [0.3, 0.4) is 0 Å². The van der Waals surface area contributed by atoms with E-state index in [-0.39, 0.29) is 19.3 Å². The molecule has 1 aliphatic heterocycles. The summed E-state index contributed by atoms with van der Waals surface area (Å²) in [5.41, 5.74) is 7.50. The second-order valence-electron chi connectivity index (χ2n) is 4.57. The molecule has 5 heteroatoms. The van der Waals surface area contributed by atoms with Crippen molar-refractivity contribution in [2.45, 2.75) is 24.9 Å². The van der Waals surface area contributed by atoms with Gasteiger partial charge in [-0.2, -0.15) is 0 Å². The molecule has 3 atom stereocenters. The zero-order valence-corrected chi connectivity index (χ0v) is 9.79. The van der Waals surface area contributed by atoms with Gasteiger partial charge in [0, 0.05) is 23.7 Å². The van der Waals surface area contributed by atoms with Crippen molar-refractivity contribution in [3.63, 3.8) is 0 Å². The number of benzene rings is 1. The second-order valence-corrected chi connectivity index (χ2v) is 4.57. The molecule has 0 bridgehead atoms. The van der Waals surface area contributed by atoms with E-state index in [2.05, 4.69) is 0 Å². The third-order valence-corrected chi connectivity index (χ3v) is 3.45. The highest BCUT2D eigenvalue weighted by molar-refractivity contribution is 5.91. The van der Waals surface area contributed by atoms with Crippen LogP contribution < -0.4 is 5.73 Å². The number of alkyl halides is 1. The summed E-state index contributed by atoms with van der Waals surface area (Å²) in [6.45, 7) is -0.293. The Morgan fingerprint density at radius 3 is 3.00 bits per heavy atom. The standard InChI is InChI=1S/C13H15FN2O2/c14-9-6-13(18-12(9)7-17)16-5-4-8-10(15)2-1-3-11(8)16/h1-5,9,12-13,17H,6-7,15H2/t9?,12-,13+/m1/s1. The van der Waals surface area contributed by atoms with Gasteiger partial charge in [0.05, 0.1) is 12.1 Å². The molecule has 0 amide bonds. The average Bonchev–Trinajstić information content (AvgIpc) is 2.93. The quantitative estimate of drug-likeness (QED) is 0.799. The van der Waals surface area contributed by atoms with Gasteiger partial charge in [-0.15, -0.1) is 0 Å². The minimum atomic E-state index is -1.13. The number of ether oxygens (including phenoxy) is 1. The molecular formula is C13H15FN2O2. The maximum absolute atomic E-state index is 13.6. The van der Waals surface area contributed by atoms with E-state index < -0.39 is 12.3 Å².